The van der Waals surface area contributed by atoms with Crippen LogP contribution in [0.1, 0.15) is 18.7 Å². The van der Waals surface area contributed by atoms with E-state index >= 15 is 0 Å². The Bertz CT molecular complexity index is 1220. The van der Waals surface area contributed by atoms with E-state index in [-0.39, 0.29) is 22.4 Å². The smallest absolute Gasteiger partial charge is 0.387 e. The van der Waals surface area contributed by atoms with Crippen molar-refractivity contribution in [2.45, 2.75) is 31.0 Å². The molecule has 33 heavy (non-hydrogen) atoms. The Morgan fingerprint density at radius 3 is 2.73 bits per heavy atom. The summed E-state index contributed by atoms with van der Waals surface area (Å²) < 4.78 is 37.5. The minimum Gasteiger partial charge on any atom is -0.387 e. The third-order valence-electron chi connectivity index (χ3n) is 4.59. The van der Waals surface area contributed by atoms with Crippen LogP contribution in [0, 0.1) is 12.0 Å². The Kier molecular flexibility index (Phi) is 6.94. The third kappa shape index (κ3) is 5.40. The van der Waals surface area contributed by atoms with Gasteiger partial charge in [0.2, 0.25) is 6.41 Å². The predicted molar refractivity (Wildman–Crippen MR) is 107 cm³/mol. The highest BCUT2D eigenvalue weighted by atomic mass is 31.3. The summed E-state index contributed by atoms with van der Waals surface area (Å²) in [5, 5.41) is 23.8. The van der Waals surface area contributed by atoms with Crippen molar-refractivity contribution >= 4 is 38.9 Å². The molecular formula is C15H19N5O11P2. The second-order valence-corrected chi connectivity index (χ2v) is 9.78. The fraction of sp³-hybridized carbons (Fsp3) is 0.400. The number of aromatic nitrogens is 3. The van der Waals surface area contributed by atoms with Gasteiger partial charge in [0, 0.05) is 12.2 Å². The fourth-order valence-electron chi connectivity index (χ4n) is 3.22. The standard InChI is InChI=1S/C15H19N5O11P2/c1-15(23)11(22)9(5-29-33(27,28)31-32(24,25)26)30-14(15)20-4-8(2-3-17-7-21)10-12(16)18-6-19-13(10)20/h4,6-7,9,11,14,22-23H,5H2,1H3,(H,17,21)(H,27,28)(H2,16,18,19)(H2,24,25,26)/t9-,11-,14-,15-/m1/s1. The molecule has 0 spiro atoms. The van der Waals surface area contributed by atoms with Crippen LogP contribution in [0.25, 0.3) is 11.0 Å². The Labute approximate surface area is 185 Å². The molecule has 2 aromatic rings. The Hall–Kier alpha value is -2.41. The normalized spacial score (nSPS) is 27.0. The van der Waals surface area contributed by atoms with Crippen molar-refractivity contribution in [1.82, 2.24) is 19.9 Å². The first-order valence-electron chi connectivity index (χ1n) is 8.88. The minimum atomic E-state index is -5.35. The minimum absolute atomic E-state index is 0.0306. The van der Waals surface area contributed by atoms with Gasteiger partial charge in [-0.1, -0.05) is 0 Å². The second-order valence-electron chi connectivity index (χ2n) is 6.95. The molecular weight excluding hydrogens is 488 g/mol. The van der Waals surface area contributed by atoms with Gasteiger partial charge < -0.3 is 39.9 Å². The molecule has 5 atom stereocenters. The van der Waals surface area contributed by atoms with Gasteiger partial charge in [0.25, 0.3) is 0 Å². The summed E-state index contributed by atoms with van der Waals surface area (Å²) >= 11 is 0. The van der Waals surface area contributed by atoms with Crippen molar-refractivity contribution in [1.29, 1.82) is 0 Å². The van der Waals surface area contributed by atoms with E-state index in [4.69, 9.17) is 20.3 Å². The number of hydrogen-bond acceptors (Lipinski definition) is 11. The van der Waals surface area contributed by atoms with Crippen molar-refractivity contribution in [3.63, 3.8) is 0 Å². The number of nitrogen functional groups attached to an aromatic ring is 1. The van der Waals surface area contributed by atoms with Crippen LogP contribution >= 0.6 is 15.6 Å². The molecule has 0 aromatic carbocycles. The molecule has 3 rings (SSSR count). The Morgan fingerprint density at radius 2 is 2.09 bits per heavy atom. The molecule has 3 heterocycles. The van der Waals surface area contributed by atoms with Gasteiger partial charge in [-0.3, -0.25) is 14.6 Å². The number of rotatable bonds is 7. The van der Waals surface area contributed by atoms with E-state index in [0.717, 1.165) is 6.33 Å². The van der Waals surface area contributed by atoms with Crippen molar-refractivity contribution < 1.29 is 52.4 Å². The van der Waals surface area contributed by atoms with Gasteiger partial charge in [0.05, 0.1) is 17.6 Å². The maximum Gasteiger partial charge on any atom is 0.481 e. The van der Waals surface area contributed by atoms with Gasteiger partial charge in [-0.2, -0.15) is 4.31 Å². The van der Waals surface area contributed by atoms with E-state index in [0.29, 0.717) is 6.41 Å². The quantitative estimate of drug-likeness (QED) is 0.0956. The van der Waals surface area contributed by atoms with Crippen LogP contribution in [-0.2, 0) is 27.5 Å². The summed E-state index contributed by atoms with van der Waals surface area (Å²) in [6.45, 7) is 0.330. The first-order chi connectivity index (χ1) is 15.3. The third-order valence-corrected chi connectivity index (χ3v) is 6.74. The largest absolute Gasteiger partial charge is 0.481 e. The maximum absolute atomic E-state index is 11.7. The zero-order chi connectivity index (χ0) is 24.6. The van der Waals surface area contributed by atoms with Crippen molar-refractivity contribution in [3.05, 3.63) is 18.1 Å². The first kappa shape index (κ1) is 25.2. The van der Waals surface area contributed by atoms with Crippen molar-refractivity contribution in [2.24, 2.45) is 0 Å². The Morgan fingerprint density at radius 1 is 1.39 bits per heavy atom. The number of aliphatic hydroxyl groups is 2. The highest BCUT2D eigenvalue weighted by Crippen LogP contribution is 2.58. The number of nitrogens with one attached hydrogen (secondary N) is 1. The number of hydrogen-bond donors (Lipinski definition) is 7. The van der Waals surface area contributed by atoms with E-state index in [2.05, 4.69) is 36.1 Å². The van der Waals surface area contributed by atoms with Gasteiger partial charge in [-0.15, -0.1) is 0 Å². The van der Waals surface area contributed by atoms with E-state index < -0.39 is 46.3 Å². The number of phosphoric ester groups is 1. The molecule has 2 aromatic heterocycles. The molecule has 0 radical (unpaired) electrons. The zero-order valence-electron chi connectivity index (χ0n) is 16.7. The molecule has 1 fully saturated rings. The number of carbonyl (C=O) groups excluding carboxylic acids is 1. The monoisotopic (exact) mass is 507 g/mol. The number of aliphatic hydroxyl groups excluding tert-OH is 1. The summed E-state index contributed by atoms with van der Waals surface area (Å²) in [6, 6.07) is 2.37. The lowest BCUT2D eigenvalue weighted by atomic mass is 9.96. The SMILES string of the molecule is C[C@@]1(O)[C@H](O)[C@@H](COP(=O)(O)OP(=O)(O)O)O[C@H]1n1cc(C#CNC=O)c2c(N)ncnc21. The number of ether oxygens (including phenoxy) is 1. The topological polar surface area (TPSA) is 249 Å². The van der Waals surface area contributed by atoms with Gasteiger partial charge in [0.1, 0.15) is 35.6 Å². The summed E-state index contributed by atoms with van der Waals surface area (Å²) in [5.74, 6) is 2.66. The van der Waals surface area contributed by atoms with E-state index in [1.165, 1.54) is 17.7 Å². The lowest BCUT2D eigenvalue weighted by Gasteiger charge is -2.27. The number of nitrogens with zero attached hydrogens (tertiary/aromatic N) is 3. The number of nitrogens with two attached hydrogens (primary N) is 1. The molecule has 18 heteroatoms. The summed E-state index contributed by atoms with van der Waals surface area (Å²) in [7, 11) is -10.6. The van der Waals surface area contributed by atoms with Crippen molar-refractivity contribution in [3.8, 4) is 12.0 Å². The number of carbonyl (C=O) groups is 1. The molecule has 1 aliphatic heterocycles. The van der Waals surface area contributed by atoms with Gasteiger partial charge in [0.15, 0.2) is 6.23 Å². The first-order valence-corrected chi connectivity index (χ1v) is 11.9. The van der Waals surface area contributed by atoms with Crippen molar-refractivity contribution in [2.75, 3.05) is 12.3 Å². The van der Waals surface area contributed by atoms with Crippen LogP contribution in [0.3, 0.4) is 0 Å². The second kappa shape index (κ2) is 9.09. The molecule has 0 aliphatic carbocycles. The molecule has 1 aliphatic rings. The Balaban J connectivity index is 1.93. The average Bonchev–Trinajstić information content (AvgIpc) is 3.15. The van der Waals surface area contributed by atoms with E-state index in [1.807, 2.05) is 0 Å². The lowest BCUT2D eigenvalue weighted by Crippen LogP contribution is -2.44. The maximum atomic E-state index is 11.7. The number of anilines is 1. The molecule has 0 saturated carbocycles. The summed E-state index contributed by atoms with van der Waals surface area (Å²) in [5.41, 5.74) is 4.29. The summed E-state index contributed by atoms with van der Waals surface area (Å²) in [4.78, 5) is 45.2. The molecule has 180 valence electrons. The highest BCUT2D eigenvalue weighted by molar-refractivity contribution is 7.60. The lowest BCUT2D eigenvalue weighted by molar-refractivity contribution is -0.108. The molecule has 1 saturated heterocycles. The predicted octanol–water partition coefficient (Wildman–Crippen LogP) is -1.70. The molecule has 1 unspecified atom stereocenters. The van der Waals surface area contributed by atoms with Crippen LogP contribution in [0.15, 0.2) is 12.5 Å². The van der Waals surface area contributed by atoms with Crippen LogP contribution in [-0.4, -0.2) is 70.3 Å². The van der Waals surface area contributed by atoms with Gasteiger partial charge >= 0.3 is 15.6 Å². The van der Waals surface area contributed by atoms with E-state index in [1.54, 1.807) is 0 Å². The molecule has 16 nitrogen and oxygen atoms in total. The average molecular weight is 507 g/mol. The number of phosphoric acid groups is 2. The number of amides is 1. The number of fused-ring (bicyclic) bond motifs is 1. The fourth-order valence-corrected chi connectivity index (χ4v) is 4.82. The van der Waals surface area contributed by atoms with Crippen LogP contribution in [0.2, 0.25) is 0 Å². The molecule has 8 N–H and O–H groups in total. The van der Waals surface area contributed by atoms with E-state index in [9.17, 15) is 29.0 Å². The van der Waals surface area contributed by atoms with Crippen LogP contribution in [0.4, 0.5) is 5.82 Å². The van der Waals surface area contributed by atoms with Gasteiger partial charge in [-0.25, -0.2) is 19.1 Å². The molecule has 0 bridgehead atoms. The zero-order valence-corrected chi connectivity index (χ0v) is 18.5. The van der Waals surface area contributed by atoms with Crippen LogP contribution in [0.5, 0.6) is 0 Å². The van der Waals surface area contributed by atoms with Crippen LogP contribution < -0.4 is 11.1 Å². The molecule has 1 amide bonds. The summed E-state index contributed by atoms with van der Waals surface area (Å²) in [6.07, 6.45) is -1.62. The van der Waals surface area contributed by atoms with Gasteiger partial charge in [-0.05, 0) is 12.8 Å². The highest BCUT2D eigenvalue weighted by Gasteiger charge is 2.54.